The van der Waals surface area contributed by atoms with Gasteiger partial charge >= 0.3 is 0 Å². The minimum absolute atomic E-state index is 0.181. The molecule has 1 saturated heterocycles. The molecule has 0 saturated carbocycles. The van der Waals surface area contributed by atoms with Crippen molar-refractivity contribution in [2.45, 2.75) is 24.2 Å². The highest BCUT2D eigenvalue weighted by atomic mass is 35.5. The molecular weight excluding hydrogens is 366 g/mol. The summed E-state index contributed by atoms with van der Waals surface area (Å²) in [7, 11) is -3.62. The van der Waals surface area contributed by atoms with Crippen molar-refractivity contribution in [2.75, 3.05) is 26.2 Å². The van der Waals surface area contributed by atoms with Crippen molar-refractivity contribution < 1.29 is 8.42 Å². The molecule has 2 heterocycles. The highest BCUT2D eigenvalue weighted by Gasteiger charge is 2.21. The molecule has 1 fully saturated rings. The molecule has 0 amide bonds. The Labute approximate surface area is 152 Å². The van der Waals surface area contributed by atoms with Crippen LogP contribution in [0.15, 0.2) is 45.1 Å². The van der Waals surface area contributed by atoms with Crippen LogP contribution in [-0.2, 0) is 10.0 Å². The number of likely N-dealkylation sites (tertiary alicyclic amines) is 1. The molecule has 0 radical (unpaired) electrons. The van der Waals surface area contributed by atoms with Crippen LogP contribution >= 0.6 is 23.4 Å². The maximum Gasteiger partial charge on any atom is 0.263 e. The maximum atomic E-state index is 12.3. The molecule has 1 aromatic rings. The minimum Gasteiger partial charge on any atom is -0.300 e. The molecule has 1 aromatic carbocycles. The van der Waals surface area contributed by atoms with Gasteiger partial charge in [0.05, 0.1) is 11.4 Å². The van der Waals surface area contributed by atoms with E-state index in [4.69, 9.17) is 11.6 Å². The lowest BCUT2D eigenvalue weighted by molar-refractivity contribution is 0.251. The van der Waals surface area contributed by atoms with E-state index in [1.807, 2.05) is 0 Å². The number of nitrogens with one attached hydrogen (secondary N) is 1. The van der Waals surface area contributed by atoms with Crippen molar-refractivity contribution in [2.24, 2.45) is 4.99 Å². The van der Waals surface area contributed by atoms with E-state index in [2.05, 4.69) is 20.7 Å². The van der Waals surface area contributed by atoms with E-state index in [0.29, 0.717) is 16.7 Å². The first-order valence-corrected chi connectivity index (χ1v) is 10.6. The molecule has 130 valence electrons. The van der Waals surface area contributed by atoms with E-state index in [1.165, 1.54) is 43.2 Å². The van der Waals surface area contributed by atoms with Crippen LogP contribution in [0.4, 0.5) is 0 Å². The van der Waals surface area contributed by atoms with Crippen molar-refractivity contribution in [3.8, 4) is 0 Å². The predicted molar refractivity (Wildman–Crippen MR) is 100 cm³/mol. The Balaban J connectivity index is 1.56. The van der Waals surface area contributed by atoms with Gasteiger partial charge in [0.25, 0.3) is 10.0 Å². The SMILES string of the molecule is O=S(=O)(NC1=NCC(=CCN2CCCCC2)S1)c1ccc(Cl)cc1. The van der Waals surface area contributed by atoms with Crippen molar-refractivity contribution in [3.63, 3.8) is 0 Å². The number of hydrogen-bond acceptors (Lipinski definition) is 5. The number of aliphatic imine (C=N–C) groups is 1. The molecule has 0 spiro atoms. The third kappa shape index (κ3) is 4.75. The van der Waals surface area contributed by atoms with E-state index < -0.39 is 10.0 Å². The number of halogens is 1. The zero-order valence-electron chi connectivity index (χ0n) is 13.2. The van der Waals surface area contributed by atoms with Gasteiger partial charge < -0.3 is 0 Å². The first-order chi connectivity index (χ1) is 11.5. The largest absolute Gasteiger partial charge is 0.300 e. The summed E-state index contributed by atoms with van der Waals surface area (Å²) in [5.41, 5.74) is 0. The maximum absolute atomic E-state index is 12.3. The third-order valence-electron chi connectivity index (χ3n) is 3.98. The summed E-state index contributed by atoms with van der Waals surface area (Å²) in [5, 5.41) is 0.930. The topological polar surface area (TPSA) is 61.8 Å². The second kappa shape index (κ2) is 7.91. The average Bonchev–Trinajstić information content (AvgIpc) is 3.01. The molecular formula is C16H20ClN3O2S2. The lowest BCUT2D eigenvalue weighted by Gasteiger charge is -2.25. The van der Waals surface area contributed by atoms with Crippen LogP contribution in [0.3, 0.4) is 0 Å². The van der Waals surface area contributed by atoms with Gasteiger partial charge in [-0.25, -0.2) is 8.42 Å². The first kappa shape index (κ1) is 17.8. The molecule has 24 heavy (non-hydrogen) atoms. The van der Waals surface area contributed by atoms with Gasteiger partial charge in [-0.05, 0) is 50.2 Å². The molecule has 2 aliphatic heterocycles. The van der Waals surface area contributed by atoms with E-state index in [-0.39, 0.29) is 4.90 Å². The first-order valence-electron chi connectivity index (χ1n) is 7.95. The summed E-state index contributed by atoms with van der Waals surface area (Å²) >= 11 is 7.19. The van der Waals surface area contributed by atoms with Crippen LogP contribution in [0.2, 0.25) is 5.02 Å². The summed E-state index contributed by atoms with van der Waals surface area (Å²) < 4.78 is 27.2. The van der Waals surface area contributed by atoms with Gasteiger partial charge in [0, 0.05) is 16.5 Å². The number of thioether (sulfide) groups is 1. The van der Waals surface area contributed by atoms with Crippen LogP contribution in [-0.4, -0.2) is 44.7 Å². The highest BCUT2D eigenvalue weighted by Crippen LogP contribution is 2.25. The number of hydrogen-bond donors (Lipinski definition) is 1. The molecule has 0 atom stereocenters. The quantitative estimate of drug-likeness (QED) is 0.865. The van der Waals surface area contributed by atoms with Gasteiger partial charge in [-0.1, -0.05) is 35.9 Å². The van der Waals surface area contributed by atoms with Gasteiger partial charge in [-0.15, -0.1) is 0 Å². The van der Waals surface area contributed by atoms with Crippen molar-refractivity contribution in [1.82, 2.24) is 9.62 Å². The van der Waals surface area contributed by atoms with Crippen LogP contribution in [0, 0.1) is 0 Å². The summed E-state index contributed by atoms with van der Waals surface area (Å²) in [6, 6.07) is 6.09. The summed E-state index contributed by atoms with van der Waals surface area (Å²) in [6.07, 6.45) is 6.00. The molecule has 8 heteroatoms. The molecule has 0 unspecified atom stereocenters. The number of rotatable bonds is 4. The predicted octanol–water partition coefficient (Wildman–Crippen LogP) is 3.09. The molecule has 2 aliphatic rings. The zero-order chi connectivity index (χ0) is 17.0. The summed E-state index contributed by atoms with van der Waals surface area (Å²) in [5.74, 6) is 0. The van der Waals surface area contributed by atoms with E-state index in [9.17, 15) is 8.42 Å². The number of amidine groups is 1. The second-order valence-electron chi connectivity index (χ2n) is 5.81. The number of nitrogens with zero attached hydrogens (tertiary/aromatic N) is 2. The van der Waals surface area contributed by atoms with Crippen LogP contribution < -0.4 is 4.72 Å². The highest BCUT2D eigenvalue weighted by molar-refractivity contribution is 8.18. The van der Waals surface area contributed by atoms with Crippen molar-refractivity contribution in [3.05, 3.63) is 40.3 Å². The van der Waals surface area contributed by atoms with Crippen molar-refractivity contribution in [1.29, 1.82) is 0 Å². The third-order valence-corrected chi connectivity index (χ3v) is 6.70. The fraction of sp³-hybridized carbons (Fsp3) is 0.438. The monoisotopic (exact) mass is 385 g/mol. The molecule has 1 N–H and O–H groups in total. The van der Waals surface area contributed by atoms with Gasteiger partial charge in [-0.2, -0.15) is 0 Å². The zero-order valence-corrected chi connectivity index (χ0v) is 15.6. The lowest BCUT2D eigenvalue weighted by Crippen LogP contribution is -2.29. The Bertz CT molecular complexity index is 739. The Hall–Kier alpha value is -1.02. The standard InChI is InChI=1S/C16H20ClN3O2S2/c17-13-4-6-15(7-5-13)24(21,22)19-16-18-12-14(23-16)8-11-20-9-2-1-3-10-20/h4-8H,1-3,9-12H2,(H,18,19). The number of benzene rings is 1. The van der Waals surface area contributed by atoms with Crippen LogP contribution in [0.5, 0.6) is 0 Å². The molecule has 0 bridgehead atoms. The lowest BCUT2D eigenvalue weighted by atomic mass is 10.1. The molecule has 0 aromatic heterocycles. The number of piperidine rings is 1. The van der Waals surface area contributed by atoms with Gasteiger partial charge in [0.15, 0.2) is 5.17 Å². The Morgan fingerprint density at radius 2 is 1.92 bits per heavy atom. The molecule has 5 nitrogen and oxygen atoms in total. The van der Waals surface area contributed by atoms with Crippen LogP contribution in [0.1, 0.15) is 19.3 Å². The van der Waals surface area contributed by atoms with Crippen molar-refractivity contribution >= 4 is 38.6 Å². The van der Waals surface area contributed by atoms with Crippen LogP contribution in [0.25, 0.3) is 0 Å². The fourth-order valence-corrected chi connectivity index (χ4v) is 4.85. The summed E-state index contributed by atoms with van der Waals surface area (Å²) in [6.45, 7) is 3.74. The minimum atomic E-state index is -3.62. The smallest absolute Gasteiger partial charge is 0.263 e. The van der Waals surface area contributed by atoms with Gasteiger partial charge in [-0.3, -0.25) is 14.6 Å². The Morgan fingerprint density at radius 3 is 2.62 bits per heavy atom. The fourth-order valence-electron chi connectivity index (χ4n) is 2.66. The molecule has 3 rings (SSSR count). The summed E-state index contributed by atoms with van der Waals surface area (Å²) in [4.78, 5) is 7.98. The van der Waals surface area contributed by atoms with Gasteiger partial charge in [0.1, 0.15) is 0 Å². The Morgan fingerprint density at radius 1 is 1.21 bits per heavy atom. The average molecular weight is 386 g/mol. The van der Waals surface area contributed by atoms with E-state index >= 15 is 0 Å². The second-order valence-corrected chi connectivity index (χ2v) is 9.05. The molecule has 0 aliphatic carbocycles. The van der Waals surface area contributed by atoms with Gasteiger partial charge in [0.2, 0.25) is 0 Å². The number of sulfonamides is 1. The Kier molecular flexibility index (Phi) is 5.86. The normalized spacial score (nSPS) is 21.0. The van der Waals surface area contributed by atoms with E-state index in [0.717, 1.165) is 24.5 Å². The van der Waals surface area contributed by atoms with E-state index in [1.54, 1.807) is 12.1 Å².